The molecule has 2 aromatic heterocycles. The molecule has 0 aliphatic heterocycles. The summed E-state index contributed by atoms with van der Waals surface area (Å²) >= 11 is 0. The van der Waals surface area contributed by atoms with E-state index in [9.17, 15) is 4.79 Å². The minimum atomic E-state index is -0.386. The van der Waals surface area contributed by atoms with Crippen LogP contribution in [0.5, 0.6) is 0 Å². The molecule has 0 N–H and O–H groups in total. The molecule has 1 saturated carbocycles. The number of methoxy groups -OCH3 is 1. The summed E-state index contributed by atoms with van der Waals surface area (Å²) in [5.74, 6) is -0.00361. The second-order valence-corrected chi connectivity index (χ2v) is 3.89. The van der Waals surface area contributed by atoms with E-state index in [4.69, 9.17) is 4.74 Å². The molecule has 82 valence electrons. The van der Waals surface area contributed by atoms with Crippen molar-refractivity contribution in [1.82, 2.24) is 14.5 Å². The van der Waals surface area contributed by atoms with Gasteiger partial charge in [-0.1, -0.05) is 0 Å². The lowest BCUT2D eigenvalue weighted by atomic mass is 10.4. The van der Waals surface area contributed by atoms with Crippen LogP contribution in [0.3, 0.4) is 0 Å². The Morgan fingerprint density at radius 1 is 1.56 bits per heavy atom. The maximum Gasteiger partial charge on any atom is 0.374 e. The maximum atomic E-state index is 11.6. The number of nitrogens with zero attached hydrogens (tertiary/aromatic N) is 3. The van der Waals surface area contributed by atoms with Crippen molar-refractivity contribution in [3.05, 3.63) is 24.3 Å². The van der Waals surface area contributed by atoms with Crippen LogP contribution < -0.4 is 0 Å². The van der Waals surface area contributed by atoms with Crippen LogP contribution in [0, 0.1) is 0 Å². The Balaban J connectivity index is 2.26. The molecule has 0 radical (unpaired) electrons. The molecule has 0 amide bonds. The fraction of sp³-hybridized carbons (Fsp3) is 0.364. The summed E-state index contributed by atoms with van der Waals surface area (Å²) in [5.41, 5.74) is 1.70. The Labute approximate surface area is 92.1 Å². The van der Waals surface area contributed by atoms with Crippen LogP contribution in [-0.2, 0) is 4.74 Å². The number of esters is 1. The first-order valence-corrected chi connectivity index (χ1v) is 5.21. The number of hydrogen-bond acceptors (Lipinski definition) is 4. The van der Waals surface area contributed by atoms with Gasteiger partial charge in [-0.15, -0.1) is 0 Å². The van der Waals surface area contributed by atoms with E-state index in [0.29, 0.717) is 11.9 Å². The molecular formula is C11H11N3O2. The summed E-state index contributed by atoms with van der Waals surface area (Å²) in [7, 11) is 1.37. The van der Waals surface area contributed by atoms with Gasteiger partial charge in [0.2, 0.25) is 5.82 Å². The van der Waals surface area contributed by atoms with Gasteiger partial charge < -0.3 is 9.30 Å². The van der Waals surface area contributed by atoms with Crippen molar-refractivity contribution in [2.24, 2.45) is 0 Å². The minimum absolute atomic E-state index is 0.382. The van der Waals surface area contributed by atoms with Crippen molar-refractivity contribution in [3.8, 4) is 0 Å². The molecule has 0 unspecified atom stereocenters. The Bertz CT molecular complexity index is 557. The third kappa shape index (κ3) is 1.28. The smallest absolute Gasteiger partial charge is 0.374 e. The van der Waals surface area contributed by atoms with Gasteiger partial charge in [0.25, 0.3) is 0 Å². The molecular weight excluding hydrogens is 206 g/mol. The van der Waals surface area contributed by atoms with Gasteiger partial charge in [-0.25, -0.2) is 9.78 Å². The van der Waals surface area contributed by atoms with E-state index < -0.39 is 0 Å². The molecule has 5 nitrogen and oxygen atoms in total. The predicted octanol–water partition coefficient (Wildman–Crippen LogP) is 1.55. The van der Waals surface area contributed by atoms with Gasteiger partial charge in [-0.3, -0.25) is 4.98 Å². The van der Waals surface area contributed by atoms with Gasteiger partial charge in [0, 0.05) is 12.2 Å². The molecule has 2 aromatic rings. The van der Waals surface area contributed by atoms with E-state index >= 15 is 0 Å². The van der Waals surface area contributed by atoms with Gasteiger partial charge in [-0.2, -0.15) is 0 Å². The van der Waals surface area contributed by atoms with Gasteiger partial charge in [-0.05, 0) is 18.9 Å². The molecule has 16 heavy (non-hydrogen) atoms. The molecule has 1 aliphatic rings. The van der Waals surface area contributed by atoms with E-state index in [2.05, 4.69) is 9.97 Å². The Kier molecular flexibility index (Phi) is 1.92. The van der Waals surface area contributed by atoms with Gasteiger partial charge in [0.05, 0.1) is 18.8 Å². The SMILES string of the molecule is COC(=O)c1nc2cnccc2n1C1CC1. The van der Waals surface area contributed by atoms with Crippen molar-refractivity contribution in [2.75, 3.05) is 7.11 Å². The topological polar surface area (TPSA) is 57.0 Å². The first kappa shape index (κ1) is 9.33. The Morgan fingerprint density at radius 3 is 3.06 bits per heavy atom. The number of carbonyl (C=O) groups is 1. The molecule has 0 spiro atoms. The van der Waals surface area contributed by atoms with E-state index in [1.165, 1.54) is 7.11 Å². The zero-order valence-electron chi connectivity index (χ0n) is 8.88. The maximum absolute atomic E-state index is 11.6. The zero-order valence-corrected chi connectivity index (χ0v) is 8.88. The van der Waals surface area contributed by atoms with Crippen molar-refractivity contribution < 1.29 is 9.53 Å². The lowest BCUT2D eigenvalue weighted by Gasteiger charge is -2.04. The van der Waals surface area contributed by atoms with Gasteiger partial charge in [0.15, 0.2) is 0 Å². The summed E-state index contributed by atoms with van der Waals surface area (Å²) in [6.45, 7) is 0. The minimum Gasteiger partial charge on any atom is -0.463 e. The summed E-state index contributed by atoms with van der Waals surface area (Å²) in [6.07, 6.45) is 5.57. The largest absolute Gasteiger partial charge is 0.463 e. The normalized spacial score (nSPS) is 15.3. The number of rotatable bonds is 2. The fourth-order valence-electron chi connectivity index (χ4n) is 1.89. The molecule has 0 saturated heterocycles. The van der Waals surface area contributed by atoms with Crippen LogP contribution >= 0.6 is 0 Å². The predicted molar refractivity (Wildman–Crippen MR) is 57.1 cm³/mol. The standard InChI is InChI=1S/C11H11N3O2/c1-16-11(15)10-13-8-6-12-5-4-9(8)14(10)7-2-3-7/h4-7H,2-3H2,1H3. The number of pyridine rings is 1. The summed E-state index contributed by atoms with van der Waals surface area (Å²) in [5, 5.41) is 0. The van der Waals surface area contributed by atoms with Gasteiger partial charge >= 0.3 is 5.97 Å². The highest BCUT2D eigenvalue weighted by Gasteiger charge is 2.30. The molecule has 5 heteroatoms. The van der Waals surface area contributed by atoms with Crippen molar-refractivity contribution >= 4 is 17.0 Å². The Hall–Kier alpha value is -1.91. The van der Waals surface area contributed by atoms with Crippen LogP contribution in [0.1, 0.15) is 29.5 Å². The third-order valence-corrected chi connectivity index (χ3v) is 2.77. The van der Waals surface area contributed by atoms with Crippen LogP contribution in [0.15, 0.2) is 18.5 Å². The highest BCUT2D eigenvalue weighted by atomic mass is 16.5. The Morgan fingerprint density at radius 2 is 2.38 bits per heavy atom. The average molecular weight is 217 g/mol. The van der Waals surface area contributed by atoms with E-state index in [0.717, 1.165) is 23.9 Å². The number of fused-ring (bicyclic) bond motifs is 1. The summed E-state index contributed by atoms with van der Waals surface area (Å²) < 4.78 is 6.70. The highest BCUT2D eigenvalue weighted by Crippen LogP contribution is 2.38. The van der Waals surface area contributed by atoms with Crippen molar-refractivity contribution in [1.29, 1.82) is 0 Å². The molecule has 0 bridgehead atoms. The summed E-state index contributed by atoms with van der Waals surface area (Å²) in [4.78, 5) is 19.9. The highest BCUT2D eigenvalue weighted by molar-refractivity contribution is 5.91. The van der Waals surface area contributed by atoms with Crippen LogP contribution in [0.4, 0.5) is 0 Å². The quantitative estimate of drug-likeness (QED) is 0.716. The molecule has 0 aromatic carbocycles. The average Bonchev–Trinajstić information content (AvgIpc) is 3.08. The lowest BCUT2D eigenvalue weighted by Crippen LogP contribution is -2.10. The van der Waals surface area contributed by atoms with E-state index in [-0.39, 0.29) is 5.97 Å². The molecule has 3 rings (SSSR count). The molecule has 2 heterocycles. The van der Waals surface area contributed by atoms with E-state index in [1.54, 1.807) is 12.4 Å². The number of imidazole rings is 1. The van der Waals surface area contributed by atoms with Crippen molar-refractivity contribution in [3.63, 3.8) is 0 Å². The van der Waals surface area contributed by atoms with Crippen molar-refractivity contribution in [2.45, 2.75) is 18.9 Å². The fourth-order valence-corrected chi connectivity index (χ4v) is 1.89. The molecule has 0 atom stereocenters. The number of ether oxygens (including phenoxy) is 1. The van der Waals surface area contributed by atoms with E-state index in [1.807, 2.05) is 10.6 Å². The number of aromatic nitrogens is 3. The van der Waals surface area contributed by atoms with Crippen LogP contribution in [0.25, 0.3) is 11.0 Å². The second kappa shape index (κ2) is 3.30. The van der Waals surface area contributed by atoms with Crippen LogP contribution in [-0.4, -0.2) is 27.6 Å². The molecule has 1 fully saturated rings. The monoisotopic (exact) mass is 217 g/mol. The first-order valence-electron chi connectivity index (χ1n) is 5.21. The van der Waals surface area contributed by atoms with Gasteiger partial charge in [0.1, 0.15) is 5.52 Å². The van der Waals surface area contributed by atoms with Crippen LogP contribution in [0.2, 0.25) is 0 Å². The number of carbonyl (C=O) groups excluding carboxylic acids is 1. The zero-order chi connectivity index (χ0) is 11.1. The number of hydrogen-bond donors (Lipinski definition) is 0. The molecule has 1 aliphatic carbocycles. The first-order chi connectivity index (χ1) is 7.81. The summed E-state index contributed by atoms with van der Waals surface area (Å²) in [6, 6.07) is 2.27. The third-order valence-electron chi connectivity index (χ3n) is 2.77. The second-order valence-electron chi connectivity index (χ2n) is 3.89. The lowest BCUT2D eigenvalue weighted by molar-refractivity contribution is 0.0581.